The fourth-order valence-corrected chi connectivity index (χ4v) is 6.23. The molecular weight excluding hydrogens is 471 g/mol. The van der Waals surface area contributed by atoms with Crippen LogP contribution < -0.4 is 0 Å². The number of pyridine rings is 1. The van der Waals surface area contributed by atoms with Gasteiger partial charge in [-0.15, -0.1) is 10.2 Å². The van der Waals surface area contributed by atoms with Gasteiger partial charge in [0.15, 0.2) is 11.0 Å². The number of thioether (sulfide) groups is 1. The monoisotopic (exact) mass is 501 g/mol. The molecule has 1 aliphatic heterocycles. The Kier molecular flexibility index (Phi) is 6.42. The summed E-state index contributed by atoms with van der Waals surface area (Å²) < 4.78 is 40.6. The Morgan fingerprint density at radius 2 is 1.86 bits per heavy atom. The van der Waals surface area contributed by atoms with Crippen molar-refractivity contribution < 1.29 is 13.2 Å². The molecule has 2 fully saturated rings. The van der Waals surface area contributed by atoms with Crippen molar-refractivity contribution in [1.29, 1.82) is 0 Å². The van der Waals surface area contributed by atoms with Crippen molar-refractivity contribution in [3.05, 3.63) is 58.9 Å². The fraction of sp³-hybridized carbons (Fsp3) is 0.500. The number of nitrogens with zero attached hydrogens (tertiary/aromatic N) is 5. The summed E-state index contributed by atoms with van der Waals surface area (Å²) in [6.07, 6.45) is -1.01. The van der Waals surface area contributed by atoms with Crippen LogP contribution in [0.3, 0.4) is 0 Å². The topological polar surface area (TPSA) is 46.8 Å². The zero-order valence-corrected chi connectivity index (χ0v) is 21.1. The third-order valence-electron chi connectivity index (χ3n) is 7.45. The van der Waals surface area contributed by atoms with Gasteiger partial charge in [0.2, 0.25) is 0 Å². The normalized spacial score (nSPS) is 22.3. The number of likely N-dealkylation sites (tertiary alicyclic amines) is 1. The number of rotatable bonds is 7. The van der Waals surface area contributed by atoms with Crippen LogP contribution in [-0.2, 0) is 13.2 Å². The lowest BCUT2D eigenvalue weighted by Crippen LogP contribution is -2.23. The summed E-state index contributed by atoms with van der Waals surface area (Å²) in [5.41, 5.74) is 3.69. The van der Waals surface area contributed by atoms with Crippen LogP contribution in [0.4, 0.5) is 13.2 Å². The van der Waals surface area contributed by atoms with Gasteiger partial charge in [0.1, 0.15) is 0 Å². The zero-order chi connectivity index (χ0) is 24.8. The Labute approximate surface area is 208 Å². The van der Waals surface area contributed by atoms with E-state index in [1.165, 1.54) is 12.1 Å². The zero-order valence-electron chi connectivity index (χ0n) is 20.3. The largest absolute Gasteiger partial charge is 0.416 e. The minimum Gasteiger partial charge on any atom is -0.305 e. The lowest BCUT2D eigenvalue weighted by molar-refractivity contribution is -0.137. The first kappa shape index (κ1) is 24.3. The molecule has 2 aromatic heterocycles. The Balaban J connectivity index is 1.10. The average molecular weight is 502 g/mol. The molecule has 0 radical (unpaired) electrons. The molecule has 0 N–H and O–H groups in total. The molecule has 1 aromatic carbocycles. The first-order valence-electron chi connectivity index (χ1n) is 12.0. The van der Waals surface area contributed by atoms with E-state index in [2.05, 4.69) is 26.1 Å². The molecule has 1 saturated heterocycles. The quantitative estimate of drug-likeness (QED) is 0.299. The molecule has 3 heterocycles. The van der Waals surface area contributed by atoms with Crippen LogP contribution in [-0.4, -0.2) is 50.0 Å². The number of hydrogen-bond donors (Lipinski definition) is 0. The van der Waals surface area contributed by atoms with Gasteiger partial charge in [-0.1, -0.05) is 23.9 Å². The van der Waals surface area contributed by atoms with Crippen LogP contribution in [0.2, 0.25) is 0 Å². The lowest BCUT2D eigenvalue weighted by atomic mass is 9.97. The standard InChI is InChI=1S/C26H30F3N5S/c1-17-5-10-21(18(2)30-17)23-31-32-24(33(23)3)35-14-4-12-34-13-11-25(16-34)15-22(25)19-6-8-20(9-7-19)26(27,28)29/h5-10,22H,4,11-16H2,1-3H3/t22-,25?/m1/s1. The predicted molar refractivity (Wildman–Crippen MR) is 131 cm³/mol. The van der Waals surface area contributed by atoms with Gasteiger partial charge in [0, 0.05) is 36.3 Å². The van der Waals surface area contributed by atoms with E-state index in [4.69, 9.17) is 0 Å². The van der Waals surface area contributed by atoms with Crippen LogP contribution in [0, 0.1) is 19.3 Å². The molecule has 1 aliphatic carbocycles. The second-order valence-corrected chi connectivity index (χ2v) is 11.0. The van der Waals surface area contributed by atoms with E-state index in [-0.39, 0.29) is 5.41 Å². The fourth-order valence-electron chi connectivity index (χ4n) is 5.40. The van der Waals surface area contributed by atoms with Crippen molar-refractivity contribution in [3.8, 4) is 11.4 Å². The second-order valence-electron chi connectivity index (χ2n) is 9.92. The van der Waals surface area contributed by atoms with E-state index in [0.717, 1.165) is 78.1 Å². The summed E-state index contributed by atoms with van der Waals surface area (Å²) in [5.74, 6) is 2.19. The Bertz CT molecular complexity index is 1210. The van der Waals surface area contributed by atoms with Crippen LogP contribution in [0.15, 0.2) is 41.6 Å². The molecule has 35 heavy (non-hydrogen) atoms. The maximum absolute atomic E-state index is 12.8. The van der Waals surface area contributed by atoms with Crippen molar-refractivity contribution in [3.63, 3.8) is 0 Å². The molecule has 186 valence electrons. The molecule has 5 nitrogen and oxygen atoms in total. The number of halogens is 3. The van der Waals surface area contributed by atoms with Crippen molar-refractivity contribution in [2.45, 2.75) is 50.4 Å². The van der Waals surface area contributed by atoms with Crippen LogP contribution in [0.5, 0.6) is 0 Å². The summed E-state index contributed by atoms with van der Waals surface area (Å²) in [6, 6.07) is 9.83. The lowest BCUT2D eigenvalue weighted by Gasteiger charge is -2.16. The maximum atomic E-state index is 12.8. The molecule has 0 amide bonds. The van der Waals surface area contributed by atoms with Gasteiger partial charge in [-0.2, -0.15) is 13.2 Å². The number of aromatic nitrogens is 4. The summed E-state index contributed by atoms with van der Waals surface area (Å²) >= 11 is 1.72. The third kappa shape index (κ3) is 4.98. The summed E-state index contributed by atoms with van der Waals surface area (Å²) in [4.78, 5) is 7.04. The average Bonchev–Trinajstić information content (AvgIpc) is 3.16. The number of benzene rings is 1. The molecule has 3 aromatic rings. The van der Waals surface area contributed by atoms with Gasteiger partial charge in [-0.05, 0) is 87.4 Å². The van der Waals surface area contributed by atoms with E-state index in [9.17, 15) is 13.2 Å². The first-order chi connectivity index (χ1) is 16.7. The highest BCUT2D eigenvalue weighted by Crippen LogP contribution is 2.64. The van der Waals surface area contributed by atoms with Gasteiger partial charge in [-0.3, -0.25) is 4.98 Å². The smallest absolute Gasteiger partial charge is 0.305 e. The van der Waals surface area contributed by atoms with Gasteiger partial charge >= 0.3 is 6.18 Å². The van der Waals surface area contributed by atoms with Crippen molar-refractivity contribution in [2.24, 2.45) is 12.5 Å². The van der Waals surface area contributed by atoms with E-state index < -0.39 is 11.7 Å². The SMILES string of the molecule is Cc1ccc(-c2nnc(SCCCN3CCC4(C[C@@H]4c4ccc(C(F)(F)F)cc4)C3)n2C)c(C)n1. The van der Waals surface area contributed by atoms with Crippen molar-refractivity contribution in [1.82, 2.24) is 24.6 Å². The molecule has 2 atom stereocenters. The van der Waals surface area contributed by atoms with Crippen LogP contribution >= 0.6 is 11.8 Å². The predicted octanol–water partition coefficient (Wildman–Crippen LogP) is 5.87. The van der Waals surface area contributed by atoms with Gasteiger partial charge in [0.05, 0.1) is 5.56 Å². The molecular formula is C26H30F3N5S. The van der Waals surface area contributed by atoms with E-state index in [1.807, 2.05) is 31.5 Å². The van der Waals surface area contributed by atoms with Crippen molar-refractivity contribution >= 4 is 11.8 Å². The molecule has 9 heteroatoms. The molecule has 0 bridgehead atoms. The highest BCUT2D eigenvalue weighted by molar-refractivity contribution is 7.99. The number of aryl methyl sites for hydroxylation is 2. The summed E-state index contributed by atoms with van der Waals surface area (Å²) in [6.45, 7) is 7.11. The van der Waals surface area contributed by atoms with Gasteiger partial charge in [0.25, 0.3) is 0 Å². The van der Waals surface area contributed by atoms with Gasteiger partial charge < -0.3 is 9.47 Å². The van der Waals surface area contributed by atoms with Gasteiger partial charge in [-0.25, -0.2) is 0 Å². The van der Waals surface area contributed by atoms with E-state index in [1.54, 1.807) is 23.9 Å². The Hall–Kier alpha value is -2.39. The minimum absolute atomic E-state index is 0.255. The molecule has 1 saturated carbocycles. The number of alkyl halides is 3. The van der Waals surface area contributed by atoms with Crippen LogP contribution in [0.25, 0.3) is 11.4 Å². The third-order valence-corrected chi connectivity index (χ3v) is 8.55. The minimum atomic E-state index is -4.27. The highest BCUT2D eigenvalue weighted by Gasteiger charge is 2.57. The molecule has 1 spiro atoms. The Morgan fingerprint density at radius 3 is 2.57 bits per heavy atom. The molecule has 1 unspecified atom stereocenters. The summed E-state index contributed by atoms with van der Waals surface area (Å²) in [7, 11) is 2.00. The maximum Gasteiger partial charge on any atom is 0.416 e. The van der Waals surface area contributed by atoms with E-state index in [0.29, 0.717) is 5.92 Å². The first-order valence-corrected chi connectivity index (χ1v) is 13.0. The number of hydrogen-bond acceptors (Lipinski definition) is 5. The molecule has 5 rings (SSSR count). The summed E-state index contributed by atoms with van der Waals surface area (Å²) in [5, 5.41) is 9.69. The Morgan fingerprint density at radius 1 is 1.09 bits per heavy atom. The van der Waals surface area contributed by atoms with E-state index >= 15 is 0 Å². The second kappa shape index (κ2) is 9.24. The highest BCUT2D eigenvalue weighted by atomic mass is 32.2. The van der Waals surface area contributed by atoms with Crippen LogP contribution in [0.1, 0.15) is 47.7 Å². The molecule has 2 aliphatic rings. The van der Waals surface area contributed by atoms with Crippen molar-refractivity contribution in [2.75, 3.05) is 25.4 Å².